The van der Waals surface area contributed by atoms with Crippen LogP contribution in [0, 0.1) is 0 Å². The van der Waals surface area contributed by atoms with Gasteiger partial charge < -0.3 is 5.32 Å². The zero-order valence-corrected chi connectivity index (χ0v) is 8.80. The topological polar surface area (TPSA) is 12.0 Å². The Labute approximate surface area is 81.2 Å². The average molecular weight is 177 g/mol. The summed E-state index contributed by atoms with van der Waals surface area (Å²) in [5.41, 5.74) is 2.98. The van der Waals surface area contributed by atoms with Gasteiger partial charge >= 0.3 is 0 Å². The van der Waals surface area contributed by atoms with E-state index in [1.807, 2.05) is 13.8 Å². The minimum atomic E-state index is 0.542. The van der Waals surface area contributed by atoms with E-state index in [0.717, 1.165) is 6.54 Å². The molecule has 1 aromatic rings. The Balaban J connectivity index is 0.000000396. The normalized spacial score (nSPS) is 19.8. The van der Waals surface area contributed by atoms with Crippen LogP contribution in [0.2, 0.25) is 0 Å². The van der Waals surface area contributed by atoms with Crippen LogP contribution in [0.1, 0.15) is 37.9 Å². The minimum Gasteiger partial charge on any atom is -0.310 e. The van der Waals surface area contributed by atoms with Gasteiger partial charge in [-0.2, -0.15) is 0 Å². The lowest BCUT2D eigenvalue weighted by Crippen LogP contribution is -2.27. The maximum absolute atomic E-state index is 3.44. The zero-order valence-electron chi connectivity index (χ0n) is 8.80. The first-order chi connectivity index (χ1) is 6.38. The molecule has 0 saturated heterocycles. The second kappa shape index (κ2) is 5.03. The molecule has 0 radical (unpaired) electrons. The largest absolute Gasteiger partial charge is 0.310 e. The summed E-state index contributed by atoms with van der Waals surface area (Å²) >= 11 is 0. The third kappa shape index (κ3) is 2.31. The highest BCUT2D eigenvalue weighted by atomic mass is 14.9. The molecule has 1 N–H and O–H groups in total. The zero-order chi connectivity index (χ0) is 9.68. The molecule has 0 saturated carbocycles. The molecule has 13 heavy (non-hydrogen) atoms. The number of hydrogen-bond acceptors (Lipinski definition) is 1. The maximum Gasteiger partial charge on any atom is 0.0294 e. The van der Waals surface area contributed by atoms with Gasteiger partial charge in [0.2, 0.25) is 0 Å². The van der Waals surface area contributed by atoms with Crippen molar-refractivity contribution in [1.82, 2.24) is 5.32 Å². The predicted octanol–water partition coefficient (Wildman–Crippen LogP) is 2.92. The van der Waals surface area contributed by atoms with Gasteiger partial charge in [-0.3, -0.25) is 0 Å². The van der Waals surface area contributed by atoms with Crippen molar-refractivity contribution in [3.8, 4) is 0 Å². The van der Waals surface area contributed by atoms with Gasteiger partial charge in [-0.1, -0.05) is 38.1 Å². The highest BCUT2D eigenvalue weighted by Gasteiger charge is 2.13. The van der Waals surface area contributed by atoms with Gasteiger partial charge in [0.25, 0.3) is 0 Å². The summed E-state index contributed by atoms with van der Waals surface area (Å²) < 4.78 is 0. The second-order valence-corrected chi connectivity index (χ2v) is 3.12. The first kappa shape index (κ1) is 10.3. The van der Waals surface area contributed by atoms with Crippen molar-refractivity contribution in [3.05, 3.63) is 35.4 Å². The fraction of sp³-hybridized carbons (Fsp3) is 0.500. The van der Waals surface area contributed by atoms with E-state index < -0.39 is 0 Å². The summed E-state index contributed by atoms with van der Waals surface area (Å²) in [5, 5.41) is 3.44. The Morgan fingerprint density at radius 2 is 1.92 bits per heavy atom. The third-order valence-electron chi connectivity index (χ3n) is 2.37. The van der Waals surface area contributed by atoms with Gasteiger partial charge in [0.15, 0.2) is 0 Å². The molecule has 0 bridgehead atoms. The van der Waals surface area contributed by atoms with E-state index in [0.29, 0.717) is 6.04 Å². The maximum atomic E-state index is 3.44. The second-order valence-electron chi connectivity index (χ2n) is 3.12. The number of rotatable bonds is 0. The van der Waals surface area contributed by atoms with Crippen molar-refractivity contribution in [3.63, 3.8) is 0 Å². The van der Waals surface area contributed by atoms with E-state index in [2.05, 4.69) is 36.5 Å². The van der Waals surface area contributed by atoms with Crippen LogP contribution in [0.15, 0.2) is 24.3 Å². The summed E-state index contributed by atoms with van der Waals surface area (Å²) in [6.45, 7) is 7.34. The Bertz CT molecular complexity index is 255. The highest BCUT2D eigenvalue weighted by Crippen LogP contribution is 2.21. The van der Waals surface area contributed by atoms with Crippen LogP contribution in [0.4, 0.5) is 0 Å². The number of nitrogens with one attached hydrogen (secondary N) is 1. The first-order valence-corrected chi connectivity index (χ1v) is 5.19. The van der Waals surface area contributed by atoms with Crippen LogP contribution in [0.3, 0.4) is 0 Å². The molecule has 0 spiro atoms. The van der Waals surface area contributed by atoms with E-state index in [-0.39, 0.29) is 0 Å². The number of hydrogen-bond donors (Lipinski definition) is 1. The molecule has 1 aromatic carbocycles. The fourth-order valence-corrected chi connectivity index (χ4v) is 1.72. The Morgan fingerprint density at radius 3 is 2.62 bits per heavy atom. The Kier molecular flexibility index (Phi) is 3.97. The first-order valence-electron chi connectivity index (χ1n) is 5.19. The molecular weight excluding hydrogens is 158 g/mol. The van der Waals surface area contributed by atoms with Gasteiger partial charge in [0, 0.05) is 6.04 Å². The quantitative estimate of drug-likeness (QED) is 0.642. The van der Waals surface area contributed by atoms with Gasteiger partial charge in [-0.15, -0.1) is 0 Å². The third-order valence-corrected chi connectivity index (χ3v) is 2.37. The molecule has 72 valence electrons. The lowest BCUT2D eigenvalue weighted by Gasteiger charge is -2.23. The summed E-state index contributed by atoms with van der Waals surface area (Å²) in [5.74, 6) is 0. The summed E-state index contributed by atoms with van der Waals surface area (Å²) in [6.07, 6.45) is 1.18. The molecule has 1 atom stereocenters. The van der Waals surface area contributed by atoms with E-state index >= 15 is 0 Å². The van der Waals surface area contributed by atoms with Crippen molar-refractivity contribution in [2.45, 2.75) is 33.2 Å². The van der Waals surface area contributed by atoms with Crippen molar-refractivity contribution in [1.29, 1.82) is 0 Å². The standard InChI is InChI=1S/C10H13N.C2H6/c1-8-10-5-3-2-4-9(10)6-7-11-8;1-2/h2-5,8,11H,6-7H2,1H3;1-2H3/t8-;/m1./s1. The Hall–Kier alpha value is -0.820. The van der Waals surface area contributed by atoms with E-state index in [4.69, 9.17) is 0 Å². The molecular formula is C12H19N. The Morgan fingerprint density at radius 1 is 1.23 bits per heavy atom. The monoisotopic (exact) mass is 177 g/mol. The number of benzene rings is 1. The summed E-state index contributed by atoms with van der Waals surface area (Å²) in [4.78, 5) is 0. The molecule has 1 aliphatic heterocycles. The molecule has 1 nitrogen and oxygen atoms in total. The molecule has 1 heteroatoms. The van der Waals surface area contributed by atoms with Crippen LogP contribution >= 0.6 is 0 Å². The minimum absolute atomic E-state index is 0.542. The van der Waals surface area contributed by atoms with E-state index in [1.54, 1.807) is 0 Å². The van der Waals surface area contributed by atoms with Gasteiger partial charge in [0.05, 0.1) is 0 Å². The molecule has 0 amide bonds. The summed E-state index contributed by atoms with van der Waals surface area (Å²) in [6, 6.07) is 9.22. The van der Waals surface area contributed by atoms with Crippen molar-refractivity contribution in [2.75, 3.05) is 6.54 Å². The van der Waals surface area contributed by atoms with Crippen LogP contribution in [-0.4, -0.2) is 6.54 Å². The lowest BCUT2D eigenvalue weighted by molar-refractivity contribution is 0.541. The van der Waals surface area contributed by atoms with Crippen molar-refractivity contribution in [2.24, 2.45) is 0 Å². The number of fused-ring (bicyclic) bond motifs is 1. The predicted molar refractivity (Wildman–Crippen MR) is 57.9 cm³/mol. The molecule has 2 rings (SSSR count). The smallest absolute Gasteiger partial charge is 0.0294 e. The van der Waals surface area contributed by atoms with Crippen molar-refractivity contribution < 1.29 is 0 Å². The molecule has 1 heterocycles. The molecule has 1 aliphatic rings. The van der Waals surface area contributed by atoms with Crippen molar-refractivity contribution >= 4 is 0 Å². The van der Waals surface area contributed by atoms with Crippen LogP contribution in [0.5, 0.6) is 0 Å². The molecule has 0 unspecified atom stereocenters. The van der Waals surface area contributed by atoms with E-state index in [1.165, 1.54) is 17.5 Å². The van der Waals surface area contributed by atoms with Crippen LogP contribution in [-0.2, 0) is 6.42 Å². The van der Waals surface area contributed by atoms with E-state index in [9.17, 15) is 0 Å². The average Bonchev–Trinajstić information content (AvgIpc) is 2.22. The highest BCUT2D eigenvalue weighted by molar-refractivity contribution is 5.31. The SMILES string of the molecule is CC.C[C@H]1NCCc2ccccc21. The molecule has 0 aliphatic carbocycles. The molecule has 0 fully saturated rings. The van der Waals surface area contributed by atoms with Crippen LogP contribution < -0.4 is 5.32 Å². The van der Waals surface area contributed by atoms with Gasteiger partial charge in [0.1, 0.15) is 0 Å². The lowest BCUT2D eigenvalue weighted by atomic mass is 9.96. The van der Waals surface area contributed by atoms with Gasteiger partial charge in [-0.05, 0) is 31.0 Å². The summed E-state index contributed by atoms with van der Waals surface area (Å²) in [7, 11) is 0. The fourth-order valence-electron chi connectivity index (χ4n) is 1.72. The van der Waals surface area contributed by atoms with Gasteiger partial charge in [-0.25, -0.2) is 0 Å². The van der Waals surface area contributed by atoms with Crippen LogP contribution in [0.25, 0.3) is 0 Å². The molecule has 0 aromatic heterocycles.